The summed E-state index contributed by atoms with van der Waals surface area (Å²) >= 11 is 4.91. The molecule has 0 aromatic carbocycles. The minimum absolute atomic E-state index is 0.403. The van der Waals surface area contributed by atoms with Crippen LogP contribution in [0.25, 0.3) is 0 Å². The van der Waals surface area contributed by atoms with E-state index in [0.29, 0.717) is 10.6 Å². The van der Waals surface area contributed by atoms with Crippen molar-refractivity contribution in [3.8, 4) is 0 Å². The van der Waals surface area contributed by atoms with Crippen LogP contribution in [0, 0.1) is 4.64 Å². The van der Waals surface area contributed by atoms with Gasteiger partial charge >= 0.3 is 0 Å². The van der Waals surface area contributed by atoms with Crippen LogP contribution in [0.3, 0.4) is 0 Å². The largest absolute Gasteiger partial charge is 0.273 e. The lowest BCUT2D eigenvalue weighted by molar-refractivity contribution is 0.803. The molecular formula is C5H9N3S. The van der Waals surface area contributed by atoms with Crippen molar-refractivity contribution >= 4 is 12.2 Å². The van der Waals surface area contributed by atoms with Crippen molar-refractivity contribution in [3.05, 3.63) is 10.3 Å². The summed E-state index contributed by atoms with van der Waals surface area (Å²) in [5.74, 6) is 0.403. The molecule has 4 heteroatoms. The third kappa shape index (κ3) is 1.18. The Hall–Kier alpha value is -0.640. The van der Waals surface area contributed by atoms with E-state index in [-0.39, 0.29) is 0 Å². The van der Waals surface area contributed by atoms with Gasteiger partial charge in [-0.25, -0.2) is 5.21 Å². The maximum atomic E-state index is 4.91. The molecule has 9 heavy (non-hydrogen) atoms. The summed E-state index contributed by atoms with van der Waals surface area (Å²) in [7, 11) is 0. The van der Waals surface area contributed by atoms with Crippen LogP contribution in [-0.4, -0.2) is 15.4 Å². The zero-order chi connectivity index (χ0) is 6.85. The molecule has 0 fully saturated rings. The zero-order valence-corrected chi connectivity index (χ0v) is 6.25. The van der Waals surface area contributed by atoms with Crippen molar-refractivity contribution in [2.24, 2.45) is 0 Å². The molecule has 0 bridgehead atoms. The normalized spacial score (nSPS) is 10.6. The summed E-state index contributed by atoms with van der Waals surface area (Å²) in [5.41, 5.74) is 0.935. The lowest BCUT2D eigenvalue weighted by Crippen LogP contribution is -1.86. The number of hydrogen-bond donors (Lipinski definition) is 2. The molecule has 3 nitrogen and oxygen atoms in total. The molecule has 1 aromatic heterocycles. The lowest BCUT2D eigenvalue weighted by atomic mass is 10.2. The molecule has 0 aliphatic carbocycles. The van der Waals surface area contributed by atoms with Gasteiger partial charge in [0.15, 0.2) is 0 Å². The van der Waals surface area contributed by atoms with Gasteiger partial charge < -0.3 is 0 Å². The highest BCUT2D eigenvalue weighted by atomic mass is 32.1. The fourth-order valence-electron chi connectivity index (χ4n) is 0.645. The first-order valence-corrected chi connectivity index (χ1v) is 3.25. The lowest BCUT2D eigenvalue weighted by Gasteiger charge is -1.93. The summed E-state index contributed by atoms with van der Waals surface area (Å²) in [5, 5.41) is 9.26. The number of H-pyrrole nitrogens is 2. The van der Waals surface area contributed by atoms with Crippen LogP contribution >= 0.6 is 12.2 Å². The van der Waals surface area contributed by atoms with E-state index in [2.05, 4.69) is 29.3 Å². The molecule has 0 amide bonds. The monoisotopic (exact) mass is 143 g/mol. The van der Waals surface area contributed by atoms with Gasteiger partial charge in [0.05, 0.1) is 0 Å². The highest BCUT2D eigenvalue weighted by Crippen LogP contribution is 2.09. The number of aromatic amines is 2. The third-order valence-corrected chi connectivity index (χ3v) is 1.44. The molecular weight excluding hydrogens is 134 g/mol. The smallest absolute Gasteiger partial charge is 0.142 e. The highest BCUT2D eigenvalue weighted by molar-refractivity contribution is 7.71. The Kier molecular flexibility index (Phi) is 1.66. The molecule has 0 atom stereocenters. The van der Waals surface area contributed by atoms with Crippen molar-refractivity contribution in [3.63, 3.8) is 0 Å². The molecule has 0 radical (unpaired) electrons. The Labute approximate surface area is 58.5 Å². The Bertz CT molecular complexity index is 234. The molecule has 1 aromatic rings. The number of nitrogens with zero attached hydrogens (tertiary/aromatic N) is 1. The van der Waals surface area contributed by atoms with Gasteiger partial charge in [0, 0.05) is 5.92 Å². The van der Waals surface area contributed by atoms with Gasteiger partial charge in [-0.15, -0.1) is 0 Å². The molecule has 0 aliphatic heterocycles. The van der Waals surface area contributed by atoms with E-state index in [4.69, 9.17) is 12.2 Å². The van der Waals surface area contributed by atoms with Gasteiger partial charge in [-0.3, -0.25) is 5.10 Å². The maximum Gasteiger partial charge on any atom is 0.142 e. The minimum atomic E-state index is 0.403. The van der Waals surface area contributed by atoms with Crippen molar-refractivity contribution in [2.45, 2.75) is 19.8 Å². The van der Waals surface area contributed by atoms with Gasteiger partial charge in [-0.1, -0.05) is 26.1 Å². The number of hydrogen-bond acceptors (Lipinski definition) is 2. The minimum Gasteiger partial charge on any atom is -0.273 e. The second-order valence-corrected chi connectivity index (χ2v) is 2.63. The Morgan fingerprint density at radius 3 is 2.44 bits per heavy atom. The molecule has 1 heterocycles. The molecule has 0 saturated heterocycles. The van der Waals surface area contributed by atoms with Gasteiger partial charge in [0.2, 0.25) is 0 Å². The molecule has 0 spiro atoms. The van der Waals surface area contributed by atoms with Crippen LogP contribution in [0.5, 0.6) is 0 Å². The second kappa shape index (κ2) is 2.31. The summed E-state index contributed by atoms with van der Waals surface area (Å²) in [4.78, 5) is 0. The van der Waals surface area contributed by atoms with Crippen LogP contribution in [0.15, 0.2) is 0 Å². The Balaban J connectivity index is 3.08. The predicted octanol–water partition coefficient (Wildman–Crippen LogP) is 1.59. The van der Waals surface area contributed by atoms with Gasteiger partial charge in [-0.2, -0.15) is 5.10 Å². The first-order valence-electron chi connectivity index (χ1n) is 2.84. The van der Waals surface area contributed by atoms with Crippen LogP contribution in [0.2, 0.25) is 0 Å². The van der Waals surface area contributed by atoms with Crippen LogP contribution in [0.4, 0.5) is 0 Å². The number of aromatic nitrogens is 3. The average molecular weight is 143 g/mol. The van der Waals surface area contributed by atoms with E-state index in [0.717, 1.165) is 5.69 Å². The van der Waals surface area contributed by atoms with Gasteiger partial charge in [-0.05, 0) is 0 Å². The predicted molar refractivity (Wildman–Crippen MR) is 37.9 cm³/mol. The van der Waals surface area contributed by atoms with E-state index in [1.807, 2.05) is 0 Å². The quantitative estimate of drug-likeness (QED) is 0.586. The van der Waals surface area contributed by atoms with E-state index >= 15 is 0 Å². The molecule has 2 N–H and O–H groups in total. The van der Waals surface area contributed by atoms with Crippen LogP contribution < -0.4 is 0 Å². The van der Waals surface area contributed by atoms with E-state index in [1.54, 1.807) is 0 Å². The summed E-state index contributed by atoms with van der Waals surface area (Å²) in [6.45, 7) is 4.11. The fraction of sp³-hybridized carbons (Fsp3) is 0.600. The zero-order valence-electron chi connectivity index (χ0n) is 5.43. The van der Waals surface area contributed by atoms with E-state index in [9.17, 15) is 0 Å². The third-order valence-electron chi connectivity index (χ3n) is 1.13. The Morgan fingerprint density at radius 1 is 1.56 bits per heavy atom. The summed E-state index contributed by atoms with van der Waals surface area (Å²) < 4.78 is 0.713. The average Bonchev–Trinajstić information content (AvgIpc) is 2.13. The topological polar surface area (TPSA) is 44.5 Å². The van der Waals surface area contributed by atoms with Crippen molar-refractivity contribution in [1.29, 1.82) is 0 Å². The van der Waals surface area contributed by atoms with Gasteiger partial charge in [0.25, 0.3) is 0 Å². The first-order chi connectivity index (χ1) is 4.22. The summed E-state index contributed by atoms with van der Waals surface area (Å²) in [6, 6.07) is 0. The fourth-order valence-corrected chi connectivity index (χ4v) is 0.972. The molecule has 1 rings (SSSR count). The van der Waals surface area contributed by atoms with E-state index < -0.39 is 0 Å². The number of nitrogens with one attached hydrogen (secondary N) is 2. The van der Waals surface area contributed by atoms with E-state index in [1.165, 1.54) is 0 Å². The van der Waals surface area contributed by atoms with Crippen molar-refractivity contribution in [1.82, 2.24) is 15.4 Å². The summed E-state index contributed by atoms with van der Waals surface area (Å²) in [6.07, 6.45) is 0. The second-order valence-electron chi connectivity index (χ2n) is 2.22. The first kappa shape index (κ1) is 6.48. The SMILES string of the molecule is CC(C)c1n[nH][nH]c1=S. The molecule has 50 valence electrons. The maximum absolute atomic E-state index is 4.91. The van der Waals surface area contributed by atoms with Crippen LogP contribution in [-0.2, 0) is 0 Å². The highest BCUT2D eigenvalue weighted by Gasteiger charge is 2.02. The number of rotatable bonds is 1. The Morgan fingerprint density at radius 2 is 2.22 bits per heavy atom. The molecule has 0 aliphatic rings. The van der Waals surface area contributed by atoms with Crippen molar-refractivity contribution in [2.75, 3.05) is 0 Å². The van der Waals surface area contributed by atoms with Crippen LogP contribution in [0.1, 0.15) is 25.5 Å². The van der Waals surface area contributed by atoms with Crippen molar-refractivity contribution < 1.29 is 0 Å². The van der Waals surface area contributed by atoms with Gasteiger partial charge in [0.1, 0.15) is 10.3 Å². The molecule has 0 saturated carbocycles. The standard InChI is InChI=1S/C5H9N3S/c1-3(2)4-5(9)7-8-6-4/h3H,1-2H3,(H2,6,7,8,9). The molecule has 0 unspecified atom stereocenters.